The molecule has 0 radical (unpaired) electrons. The molecule has 45 heavy (non-hydrogen) atoms. The molecule has 0 aliphatic carbocycles. The van der Waals surface area contributed by atoms with E-state index in [4.69, 9.17) is 9.26 Å². The highest BCUT2D eigenvalue weighted by atomic mass is 79.9. The predicted octanol–water partition coefficient (Wildman–Crippen LogP) is 6.80. The van der Waals surface area contributed by atoms with Crippen molar-refractivity contribution in [3.8, 4) is 11.3 Å². The number of carbonyl (C=O) groups excluding carboxylic acids is 1. The number of ether oxygens (including phenoxy) is 1. The first-order chi connectivity index (χ1) is 21.2. The third-order valence-electron chi connectivity index (χ3n) is 8.55. The SMILES string of the molecule is COCCC[C@H](CNC(C)=O)c1ccccc1-c1onc([C@H]2C(C(C)(C)C)N(C(=O)O)CC[C@]2(O)c2ccc(F)c(F)c2)c1Br. The second kappa shape index (κ2) is 14.0. The quantitative estimate of drug-likeness (QED) is 0.200. The molecular formula is C33H40BrF2N3O6. The highest BCUT2D eigenvalue weighted by Gasteiger charge is 2.56. The van der Waals surface area contributed by atoms with Crippen molar-refractivity contribution in [3.05, 3.63) is 75.4 Å². The van der Waals surface area contributed by atoms with Gasteiger partial charge in [0.2, 0.25) is 5.91 Å². The summed E-state index contributed by atoms with van der Waals surface area (Å²) >= 11 is 3.68. The lowest BCUT2D eigenvalue weighted by atomic mass is 9.64. The number of rotatable bonds is 10. The van der Waals surface area contributed by atoms with Gasteiger partial charge in [0.25, 0.3) is 0 Å². The minimum atomic E-state index is -1.83. The molecule has 4 rings (SSSR count). The summed E-state index contributed by atoms with van der Waals surface area (Å²) in [6, 6.07) is 9.94. The van der Waals surface area contributed by atoms with Crippen LogP contribution in [0.1, 0.15) is 75.6 Å². The lowest BCUT2D eigenvalue weighted by Crippen LogP contribution is -2.60. The van der Waals surface area contributed by atoms with Crippen LogP contribution in [0.4, 0.5) is 13.6 Å². The number of amides is 2. The first kappa shape index (κ1) is 34.5. The number of nitrogens with one attached hydrogen (secondary N) is 1. The molecule has 0 spiro atoms. The van der Waals surface area contributed by atoms with Gasteiger partial charge in [-0.1, -0.05) is 56.3 Å². The Morgan fingerprint density at radius 1 is 1.22 bits per heavy atom. The van der Waals surface area contributed by atoms with Crippen LogP contribution in [-0.4, -0.2) is 65.1 Å². The molecule has 2 aromatic carbocycles. The van der Waals surface area contributed by atoms with Gasteiger partial charge >= 0.3 is 6.09 Å². The second-order valence-electron chi connectivity index (χ2n) is 12.6. The van der Waals surface area contributed by atoms with Crippen molar-refractivity contribution in [1.29, 1.82) is 0 Å². The molecule has 2 amide bonds. The first-order valence-corrected chi connectivity index (χ1v) is 15.6. The molecule has 4 atom stereocenters. The van der Waals surface area contributed by atoms with Gasteiger partial charge in [-0.2, -0.15) is 0 Å². The molecule has 1 fully saturated rings. The van der Waals surface area contributed by atoms with Gasteiger partial charge < -0.3 is 29.7 Å². The van der Waals surface area contributed by atoms with E-state index < -0.39 is 40.7 Å². The number of carboxylic acid groups (broad SMARTS) is 1. The number of halogens is 3. The molecule has 3 aromatic rings. The Hall–Kier alpha value is -3.35. The van der Waals surface area contributed by atoms with Crippen molar-refractivity contribution < 1.29 is 37.8 Å². The van der Waals surface area contributed by atoms with Crippen LogP contribution in [0.2, 0.25) is 0 Å². The van der Waals surface area contributed by atoms with E-state index in [0.717, 1.165) is 24.1 Å². The summed E-state index contributed by atoms with van der Waals surface area (Å²) in [5.41, 5.74) is -0.609. The molecule has 244 valence electrons. The maximum absolute atomic E-state index is 14.6. The molecule has 1 aliphatic heterocycles. The van der Waals surface area contributed by atoms with Gasteiger partial charge in [0.05, 0.1) is 16.4 Å². The second-order valence-corrected chi connectivity index (χ2v) is 13.4. The Balaban J connectivity index is 1.90. The average molecular weight is 693 g/mol. The Morgan fingerprint density at radius 3 is 2.56 bits per heavy atom. The summed E-state index contributed by atoms with van der Waals surface area (Å²) in [5, 5.41) is 30.0. The zero-order chi connectivity index (χ0) is 33.1. The fourth-order valence-electron chi connectivity index (χ4n) is 6.49. The Bertz CT molecular complexity index is 1530. The van der Waals surface area contributed by atoms with Gasteiger partial charge in [-0.3, -0.25) is 4.79 Å². The number of hydrogen-bond donors (Lipinski definition) is 3. The van der Waals surface area contributed by atoms with Crippen LogP contribution in [0.5, 0.6) is 0 Å². The van der Waals surface area contributed by atoms with Gasteiger partial charge in [-0.05, 0) is 63.9 Å². The number of benzene rings is 2. The van der Waals surface area contributed by atoms with E-state index in [1.807, 2.05) is 45.0 Å². The van der Waals surface area contributed by atoms with Gasteiger partial charge in [-0.15, -0.1) is 0 Å². The molecule has 1 aromatic heterocycles. The molecule has 0 bridgehead atoms. The summed E-state index contributed by atoms with van der Waals surface area (Å²) in [6.07, 6.45) is 0.196. The smallest absolute Gasteiger partial charge is 0.407 e. The maximum Gasteiger partial charge on any atom is 0.407 e. The van der Waals surface area contributed by atoms with Crippen molar-refractivity contribution in [1.82, 2.24) is 15.4 Å². The number of carbonyl (C=O) groups is 2. The molecule has 1 unspecified atom stereocenters. The summed E-state index contributed by atoms with van der Waals surface area (Å²) in [6.45, 7) is 7.92. The Morgan fingerprint density at radius 2 is 1.93 bits per heavy atom. The molecule has 9 nitrogen and oxygen atoms in total. The number of aromatic nitrogens is 1. The molecule has 3 N–H and O–H groups in total. The van der Waals surface area contributed by atoms with Crippen molar-refractivity contribution in [2.24, 2.45) is 5.41 Å². The van der Waals surface area contributed by atoms with Crippen LogP contribution in [-0.2, 0) is 15.1 Å². The van der Waals surface area contributed by atoms with E-state index in [2.05, 4.69) is 26.4 Å². The zero-order valence-electron chi connectivity index (χ0n) is 26.1. The van der Waals surface area contributed by atoms with Crippen LogP contribution in [0, 0.1) is 17.0 Å². The molecule has 12 heteroatoms. The van der Waals surface area contributed by atoms with E-state index in [9.17, 15) is 28.6 Å². The number of methoxy groups -OCH3 is 1. The van der Waals surface area contributed by atoms with E-state index in [1.165, 1.54) is 17.9 Å². The Kier molecular flexibility index (Phi) is 10.7. The minimum absolute atomic E-state index is 0.0409. The summed E-state index contributed by atoms with van der Waals surface area (Å²) in [4.78, 5) is 25.6. The maximum atomic E-state index is 14.6. The fourth-order valence-corrected chi connectivity index (χ4v) is 7.10. The largest absolute Gasteiger partial charge is 0.465 e. The van der Waals surface area contributed by atoms with Gasteiger partial charge in [0.1, 0.15) is 11.3 Å². The third kappa shape index (κ3) is 7.23. The van der Waals surface area contributed by atoms with E-state index in [0.29, 0.717) is 35.4 Å². The van der Waals surface area contributed by atoms with Crippen LogP contribution in [0.3, 0.4) is 0 Å². The van der Waals surface area contributed by atoms with Crippen LogP contribution < -0.4 is 5.32 Å². The van der Waals surface area contributed by atoms with Crippen LogP contribution in [0.15, 0.2) is 51.5 Å². The molecule has 0 saturated carbocycles. The number of likely N-dealkylation sites (tertiary alicyclic amines) is 1. The monoisotopic (exact) mass is 691 g/mol. The summed E-state index contributed by atoms with van der Waals surface area (Å²) < 4.78 is 40.2. The van der Waals surface area contributed by atoms with Gasteiger partial charge in [0.15, 0.2) is 17.4 Å². The molecular weight excluding hydrogens is 652 g/mol. The number of piperidine rings is 1. The van der Waals surface area contributed by atoms with Crippen molar-refractivity contribution in [3.63, 3.8) is 0 Å². The van der Waals surface area contributed by atoms with Crippen molar-refractivity contribution in [2.45, 2.75) is 70.4 Å². The molecule has 1 aliphatic rings. The average Bonchev–Trinajstić information content (AvgIpc) is 3.35. The standard InChI is InChI=1S/C33H40BrF2N3O6/c1-19(40)37-18-20(9-8-16-44-5)22-10-6-7-11-23(22)29-27(34)28(38-45-29)26-30(32(2,3)4)39(31(41)42)15-14-33(26,43)21-12-13-24(35)25(36)17-21/h6-7,10-13,17,20,26,30,43H,8-9,14-16,18H2,1-5H3,(H,37,40)(H,41,42)/t20-,26+,30?,33+/m1/s1. The Labute approximate surface area is 270 Å². The number of nitrogens with zero attached hydrogens (tertiary/aromatic N) is 2. The van der Waals surface area contributed by atoms with Crippen LogP contribution in [0.25, 0.3) is 11.3 Å². The predicted molar refractivity (Wildman–Crippen MR) is 168 cm³/mol. The lowest BCUT2D eigenvalue weighted by molar-refractivity contribution is -0.119. The first-order valence-electron chi connectivity index (χ1n) is 14.9. The highest BCUT2D eigenvalue weighted by Crippen LogP contribution is 2.54. The lowest BCUT2D eigenvalue weighted by Gasteiger charge is -2.53. The molecule has 2 heterocycles. The number of aliphatic hydroxyl groups is 1. The summed E-state index contributed by atoms with van der Waals surface area (Å²) in [7, 11) is 1.63. The number of hydrogen-bond acceptors (Lipinski definition) is 6. The van der Waals surface area contributed by atoms with E-state index >= 15 is 0 Å². The highest BCUT2D eigenvalue weighted by molar-refractivity contribution is 9.10. The van der Waals surface area contributed by atoms with Crippen molar-refractivity contribution in [2.75, 3.05) is 26.8 Å². The molecule has 1 saturated heterocycles. The van der Waals surface area contributed by atoms with Gasteiger partial charge in [0, 0.05) is 45.2 Å². The minimum Gasteiger partial charge on any atom is -0.465 e. The van der Waals surface area contributed by atoms with Crippen molar-refractivity contribution >= 4 is 27.9 Å². The van der Waals surface area contributed by atoms with Crippen LogP contribution >= 0.6 is 15.9 Å². The van der Waals surface area contributed by atoms with E-state index in [1.54, 1.807) is 7.11 Å². The topological polar surface area (TPSA) is 125 Å². The van der Waals surface area contributed by atoms with Gasteiger partial charge in [-0.25, -0.2) is 13.6 Å². The normalized spacial score (nSPS) is 21.0. The summed E-state index contributed by atoms with van der Waals surface area (Å²) in [5.74, 6) is -3.12. The van der Waals surface area contributed by atoms with E-state index in [-0.39, 0.29) is 36.0 Å². The zero-order valence-corrected chi connectivity index (χ0v) is 27.7. The third-order valence-corrected chi connectivity index (χ3v) is 9.32. The fraction of sp³-hybridized carbons (Fsp3) is 0.485.